The molecule has 0 bridgehead atoms. The van der Waals surface area contributed by atoms with Crippen LogP contribution in [0.2, 0.25) is 0 Å². The fourth-order valence-corrected chi connectivity index (χ4v) is 6.50. The Hall–Kier alpha value is -3.33. The molecule has 47 heavy (non-hydrogen) atoms. The molecule has 251 valence electrons. The van der Waals surface area contributed by atoms with E-state index in [4.69, 9.17) is 4.98 Å². The summed E-state index contributed by atoms with van der Waals surface area (Å²) in [6.45, 7) is 21.3. The molecule has 0 unspecified atom stereocenters. The van der Waals surface area contributed by atoms with E-state index in [0.717, 1.165) is 42.5 Å². The number of nitrogens with zero attached hydrogens (tertiary/aromatic N) is 1. The third kappa shape index (κ3) is 8.58. The SMILES string of the molecule is CCC(CC)C(=O)/C=C(\O)C(CC)CC.Cc1[c-]c(-c2ncc(C)c3ccc4c5ccc(C(C)(C)C)cc5ccc4c23)cc(C)c1.[Ir]. The van der Waals surface area contributed by atoms with Crippen LogP contribution in [0.3, 0.4) is 0 Å². The summed E-state index contributed by atoms with van der Waals surface area (Å²) >= 11 is 0. The number of carbonyl (C=O) groups excluding carboxylic acids is 1. The monoisotopic (exact) mass is 807 g/mol. The summed E-state index contributed by atoms with van der Waals surface area (Å²) in [4.78, 5) is 16.6. The van der Waals surface area contributed by atoms with Crippen molar-refractivity contribution in [3.63, 3.8) is 0 Å². The number of rotatable bonds is 8. The Morgan fingerprint density at radius 2 is 1.40 bits per heavy atom. The largest absolute Gasteiger partial charge is 0.512 e. The molecule has 4 heteroatoms. The Bertz CT molecular complexity index is 1870. The maximum absolute atomic E-state index is 11.7. The number of aromatic nitrogens is 1. The summed E-state index contributed by atoms with van der Waals surface area (Å²) in [6.07, 6.45) is 6.90. The van der Waals surface area contributed by atoms with Gasteiger partial charge in [-0.1, -0.05) is 105 Å². The first-order chi connectivity index (χ1) is 21.8. The van der Waals surface area contributed by atoms with Crippen LogP contribution in [-0.2, 0) is 30.3 Å². The number of fused-ring (bicyclic) bond motifs is 5. The van der Waals surface area contributed by atoms with Crippen LogP contribution in [0.1, 0.15) is 96.4 Å². The fraction of sp³-hybridized carbons (Fsp3) is 0.395. The predicted octanol–water partition coefficient (Wildman–Crippen LogP) is 12.1. The average molecular weight is 807 g/mol. The molecule has 0 fully saturated rings. The van der Waals surface area contributed by atoms with Gasteiger partial charge < -0.3 is 10.1 Å². The average Bonchev–Trinajstić information content (AvgIpc) is 3.01. The minimum Gasteiger partial charge on any atom is -0.512 e. The van der Waals surface area contributed by atoms with E-state index in [2.05, 4.69) is 102 Å². The Morgan fingerprint density at radius 3 is 2.00 bits per heavy atom. The van der Waals surface area contributed by atoms with Crippen molar-refractivity contribution in [2.24, 2.45) is 11.8 Å². The van der Waals surface area contributed by atoms with Gasteiger partial charge in [0.15, 0.2) is 5.78 Å². The maximum Gasteiger partial charge on any atom is 0.162 e. The summed E-state index contributed by atoms with van der Waals surface area (Å²) in [7, 11) is 0. The van der Waals surface area contributed by atoms with Crippen molar-refractivity contribution in [2.45, 2.75) is 100 Å². The van der Waals surface area contributed by atoms with E-state index < -0.39 is 0 Å². The Labute approximate surface area is 296 Å². The van der Waals surface area contributed by atoms with E-state index in [-0.39, 0.29) is 48.9 Å². The molecule has 0 spiro atoms. The van der Waals surface area contributed by atoms with E-state index in [0.29, 0.717) is 0 Å². The zero-order valence-electron chi connectivity index (χ0n) is 30.0. The van der Waals surface area contributed by atoms with Gasteiger partial charge in [0.1, 0.15) is 0 Å². The van der Waals surface area contributed by atoms with Crippen molar-refractivity contribution in [2.75, 3.05) is 0 Å². The van der Waals surface area contributed by atoms with Gasteiger partial charge in [0.25, 0.3) is 0 Å². The van der Waals surface area contributed by atoms with Crippen molar-refractivity contribution in [1.29, 1.82) is 0 Å². The third-order valence-electron chi connectivity index (χ3n) is 9.42. The summed E-state index contributed by atoms with van der Waals surface area (Å²) in [5.74, 6) is 0.547. The molecule has 0 aliphatic rings. The smallest absolute Gasteiger partial charge is 0.162 e. The van der Waals surface area contributed by atoms with Gasteiger partial charge in [-0.05, 0) is 87.2 Å². The molecule has 0 atom stereocenters. The Morgan fingerprint density at radius 1 is 0.809 bits per heavy atom. The number of hydrogen-bond acceptors (Lipinski definition) is 3. The Balaban J connectivity index is 0.000000322. The zero-order chi connectivity index (χ0) is 33.8. The predicted molar refractivity (Wildman–Crippen MR) is 198 cm³/mol. The first kappa shape index (κ1) is 38.1. The van der Waals surface area contributed by atoms with Crippen LogP contribution in [0.25, 0.3) is 43.6 Å². The summed E-state index contributed by atoms with van der Waals surface area (Å²) in [6, 6.07) is 23.9. The number of aliphatic hydroxyl groups excluding tert-OH is 1. The molecule has 1 heterocycles. The van der Waals surface area contributed by atoms with Gasteiger partial charge in [-0.3, -0.25) is 4.79 Å². The molecule has 5 rings (SSSR count). The van der Waals surface area contributed by atoms with Gasteiger partial charge in [0, 0.05) is 44.2 Å². The van der Waals surface area contributed by atoms with Crippen molar-refractivity contribution in [1.82, 2.24) is 4.98 Å². The molecular weight excluding hydrogens is 755 g/mol. The summed E-state index contributed by atoms with van der Waals surface area (Å²) in [5.41, 5.74) is 7.17. The van der Waals surface area contributed by atoms with Crippen LogP contribution in [0.5, 0.6) is 0 Å². The van der Waals surface area contributed by atoms with Crippen molar-refractivity contribution >= 4 is 38.1 Å². The second-order valence-electron chi connectivity index (χ2n) is 13.9. The van der Waals surface area contributed by atoms with E-state index >= 15 is 0 Å². The molecule has 0 aliphatic heterocycles. The minimum atomic E-state index is 0. The van der Waals surface area contributed by atoms with Gasteiger partial charge in [-0.2, -0.15) is 0 Å². The van der Waals surface area contributed by atoms with Crippen molar-refractivity contribution < 1.29 is 30.0 Å². The van der Waals surface area contributed by atoms with Gasteiger partial charge in [0.05, 0.1) is 5.76 Å². The summed E-state index contributed by atoms with van der Waals surface area (Å²) < 4.78 is 0. The number of allylic oxidation sites excluding steroid dienone is 2. The third-order valence-corrected chi connectivity index (χ3v) is 9.42. The van der Waals surface area contributed by atoms with Gasteiger partial charge in [-0.25, -0.2) is 0 Å². The molecule has 0 saturated carbocycles. The van der Waals surface area contributed by atoms with Gasteiger partial charge in [-0.15, -0.1) is 34.9 Å². The Kier molecular flexibility index (Phi) is 13.1. The molecule has 1 N–H and O–H groups in total. The number of hydrogen-bond donors (Lipinski definition) is 1. The van der Waals surface area contributed by atoms with Crippen LogP contribution < -0.4 is 0 Å². The molecule has 0 saturated heterocycles. The molecule has 4 aromatic carbocycles. The van der Waals surface area contributed by atoms with Crippen molar-refractivity contribution in [3.8, 4) is 11.3 Å². The fourth-order valence-electron chi connectivity index (χ4n) is 6.50. The first-order valence-corrected chi connectivity index (χ1v) is 17.0. The number of aliphatic hydroxyl groups is 1. The van der Waals surface area contributed by atoms with E-state index in [1.54, 1.807) is 0 Å². The molecule has 0 amide bonds. The van der Waals surface area contributed by atoms with Crippen LogP contribution in [0.4, 0.5) is 0 Å². The number of benzene rings is 4. The number of aryl methyl sites for hydroxylation is 3. The van der Waals surface area contributed by atoms with E-state index in [1.165, 1.54) is 55.1 Å². The molecule has 0 aliphatic carbocycles. The first-order valence-electron chi connectivity index (χ1n) is 17.0. The van der Waals surface area contributed by atoms with Gasteiger partial charge in [0.2, 0.25) is 0 Å². The normalized spacial score (nSPS) is 12.0. The molecule has 5 aromatic rings. The second kappa shape index (κ2) is 16.2. The van der Waals surface area contributed by atoms with Gasteiger partial charge >= 0.3 is 0 Å². The van der Waals surface area contributed by atoms with Crippen molar-refractivity contribution in [3.05, 3.63) is 101 Å². The molecule has 1 radical (unpaired) electrons. The molecular formula is C43H52IrNO2-. The maximum atomic E-state index is 11.7. The molecule has 3 nitrogen and oxygen atoms in total. The van der Waals surface area contributed by atoms with E-state index in [1.807, 2.05) is 33.9 Å². The van der Waals surface area contributed by atoms with E-state index in [9.17, 15) is 9.90 Å². The van der Waals surface area contributed by atoms with Crippen LogP contribution >= 0.6 is 0 Å². The quantitative estimate of drug-likeness (QED) is 0.0735. The molecule has 1 aromatic heterocycles. The number of ketones is 1. The zero-order valence-corrected chi connectivity index (χ0v) is 32.4. The second-order valence-corrected chi connectivity index (χ2v) is 13.9. The minimum absolute atomic E-state index is 0. The number of pyridine rings is 1. The topological polar surface area (TPSA) is 50.2 Å². The summed E-state index contributed by atoms with van der Waals surface area (Å²) in [5, 5.41) is 17.4. The van der Waals surface area contributed by atoms with Crippen LogP contribution in [-0.4, -0.2) is 15.9 Å². The number of carbonyl (C=O) groups is 1. The van der Waals surface area contributed by atoms with Crippen LogP contribution in [0, 0.1) is 38.7 Å². The van der Waals surface area contributed by atoms with Crippen LogP contribution in [0.15, 0.2) is 72.6 Å². The standard InChI is InChI=1S/C30H28N.C13H24O2.Ir/c1-18-13-19(2)15-22(14-18)29-28-24(20(3)17-31-29)11-12-26-25-10-8-23(30(4,5)6)16-21(25)7-9-27(26)28;1-5-10(6-2)12(14)9-13(15)11(7-3)8-4;/h7-14,16-17H,1-6H3;9-11,14H,5-8H2,1-4H3;/q-1;;/b;12-9-;.